The maximum Gasteiger partial charge on any atom is 0.243 e. The first-order valence-electron chi connectivity index (χ1n) is 6.91. The average Bonchev–Trinajstić information content (AvgIpc) is 2.91. The molecule has 0 aliphatic heterocycles. The lowest BCUT2D eigenvalue weighted by molar-refractivity contribution is -0.116. The predicted octanol–water partition coefficient (Wildman–Crippen LogP) is 2.76. The van der Waals surface area contributed by atoms with Crippen molar-refractivity contribution in [1.82, 2.24) is 15.3 Å². The van der Waals surface area contributed by atoms with Crippen LogP contribution in [0.4, 0.5) is 0 Å². The fourth-order valence-electron chi connectivity index (χ4n) is 1.63. The van der Waals surface area contributed by atoms with Gasteiger partial charge in [-0.25, -0.2) is 4.98 Å². The number of unbranched alkanes of at least 4 members (excludes halogenated alkanes) is 3. The molecule has 0 aromatic carbocycles. The molecule has 0 radical (unpaired) electrons. The zero-order chi connectivity index (χ0) is 13.8. The number of rotatable bonds is 9. The second-order valence-corrected chi connectivity index (χ2v) is 4.40. The fourth-order valence-corrected chi connectivity index (χ4v) is 1.63. The molecule has 1 amide bonds. The average molecular weight is 261 g/mol. The molecule has 0 fully saturated rings. The van der Waals surface area contributed by atoms with Gasteiger partial charge in [0.05, 0.1) is 6.33 Å². The van der Waals surface area contributed by atoms with Crippen LogP contribution >= 0.6 is 0 Å². The van der Waals surface area contributed by atoms with Gasteiger partial charge in [0.25, 0.3) is 0 Å². The predicted molar refractivity (Wildman–Crippen MR) is 77.7 cm³/mol. The zero-order valence-electron chi connectivity index (χ0n) is 11.6. The number of allylic oxidation sites excluding steroid dienone is 3. The molecule has 4 heteroatoms. The van der Waals surface area contributed by atoms with Crippen LogP contribution in [0.15, 0.2) is 36.8 Å². The Morgan fingerprint density at radius 3 is 3.05 bits per heavy atom. The first kappa shape index (κ1) is 15.2. The van der Waals surface area contributed by atoms with Crippen molar-refractivity contribution in [2.24, 2.45) is 0 Å². The van der Waals surface area contributed by atoms with E-state index in [0.29, 0.717) is 6.54 Å². The van der Waals surface area contributed by atoms with E-state index in [2.05, 4.69) is 28.3 Å². The van der Waals surface area contributed by atoms with E-state index in [4.69, 9.17) is 0 Å². The minimum Gasteiger partial charge on any atom is -0.352 e. The smallest absolute Gasteiger partial charge is 0.243 e. The van der Waals surface area contributed by atoms with Crippen molar-refractivity contribution in [3.05, 3.63) is 42.5 Å². The Morgan fingerprint density at radius 1 is 1.42 bits per heavy atom. The molecule has 4 nitrogen and oxygen atoms in total. The number of aromatic amines is 1. The first-order valence-corrected chi connectivity index (χ1v) is 6.91. The lowest BCUT2D eigenvalue weighted by Crippen LogP contribution is -2.23. The molecule has 0 aliphatic carbocycles. The van der Waals surface area contributed by atoms with Gasteiger partial charge in [0, 0.05) is 30.9 Å². The number of hydrogen-bond acceptors (Lipinski definition) is 2. The normalized spacial score (nSPS) is 11.4. The van der Waals surface area contributed by atoms with Crippen LogP contribution in [0.25, 0.3) is 0 Å². The second kappa shape index (κ2) is 10.1. The van der Waals surface area contributed by atoms with E-state index in [1.807, 2.05) is 6.08 Å². The minimum atomic E-state index is -0.0577. The van der Waals surface area contributed by atoms with E-state index in [9.17, 15) is 4.79 Å². The molecule has 0 unspecified atom stereocenters. The van der Waals surface area contributed by atoms with Crippen LogP contribution < -0.4 is 5.32 Å². The Kier molecular flexibility index (Phi) is 8.10. The summed E-state index contributed by atoms with van der Waals surface area (Å²) in [6.45, 7) is 2.81. The Morgan fingerprint density at radius 2 is 2.32 bits per heavy atom. The standard InChI is InChI=1S/C15H23N3O/c1-2-3-4-5-6-7-8-9-15(19)17-11-10-14-12-16-13-18-14/h6-9,12-13H,2-5,10-11H2,1H3,(H,16,18)(H,17,19). The van der Waals surface area contributed by atoms with Gasteiger partial charge in [-0.1, -0.05) is 38.0 Å². The van der Waals surface area contributed by atoms with Crippen LogP contribution in [0.5, 0.6) is 0 Å². The Labute approximate surface area is 115 Å². The van der Waals surface area contributed by atoms with Crippen LogP contribution in [-0.2, 0) is 11.2 Å². The highest BCUT2D eigenvalue weighted by Gasteiger charge is 1.96. The summed E-state index contributed by atoms with van der Waals surface area (Å²) in [5.74, 6) is -0.0577. The molecule has 0 saturated carbocycles. The third-order valence-electron chi connectivity index (χ3n) is 2.72. The molecule has 1 heterocycles. The van der Waals surface area contributed by atoms with Crippen molar-refractivity contribution < 1.29 is 4.79 Å². The Bertz CT molecular complexity index is 394. The summed E-state index contributed by atoms with van der Waals surface area (Å²) >= 11 is 0. The number of carbonyl (C=O) groups excluding carboxylic acids is 1. The van der Waals surface area contributed by atoms with E-state index >= 15 is 0 Å². The van der Waals surface area contributed by atoms with Crippen molar-refractivity contribution in [2.45, 2.75) is 39.0 Å². The van der Waals surface area contributed by atoms with Gasteiger partial charge in [0.1, 0.15) is 0 Å². The first-order chi connectivity index (χ1) is 9.33. The van der Waals surface area contributed by atoms with E-state index < -0.39 is 0 Å². The van der Waals surface area contributed by atoms with Crippen LogP contribution in [-0.4, -0.2) is 22.4 Å². The SMILES string of the molecule is CCCCCC=CC=CC(=O)NCCc1cnc[nH]1. The number of carbonyl (C=O) groups is 1. The lowest BCUT2D eigenvalue weighted by Gasteiger charge is -1.99. The summed E-state index contributed by atoms with van der Waals surface area (Å²) < 4.78 is 0. The van der Waals surface area contributed by atoms with Gasteiger partial charge in [-0.05, 0) is 12.8 Å². The number of nitrogens with one attached hydrogen (secondary N) is 2. The van der Waals surface area contributed by atoms with Gasteiger partial charge in [0.15, 0.2) is 0 Å². The van der Waals surface area contributed by atoms with Crippen molar-refractivity contribution in [1.29, 1.82) is 0 Å². The molecule has 0 atom stereocenters. The molecule has 104 valence electrons. The van der Waals surface area contributed by atoms with Gasteiger partial charge in [-0.2, -0.15) is 0 Å². The summed E-state index contributed by atoms with van der Waals surface area (Å²) in [6.07, 6.45) is 16.4. The van der Waals surface area contributed by atoms with Crippen LogP contribution in [0.2, 0.25) is 0 Å². The molecule has 0 aliphatic rings. The molecule has 19 heavy (non-hydrogen) atoms. The highest BCUT2D eigenvalue weighted by Crippen LogP contribution is 1.99. The van der Waals surface area contributed by atoms with Crippen molar-refractivity contribution in [3.63, 3.8) is 0 Å². The highest BCUT2D eigenvalue weighted by atomic mass is 16.1. The van der Waals surface area contributed by atoms with Crippen molar-refractivity contribution in [3.8, 4) is 0 Å². The number of aromatic nitrogens is 2. The minimum absolute atomic E-state index is 0.0577. The zero-order valence-corrected chi connectivity index (χ0v) is 11.6. The summed E-state index contributed by atoms with van der Waals surface area (Å²) in [5.41, 5.74) is 1.03. The van der Waals surface area contributed by atoms with Crippen LogP contribution in [0.3, 0.4) is 0 Å². The van der Waals surface area contributed by atoms with E-state index in [-0.39, 0.29) is 5.91 Å². The Hall–Kier alpha value is -1.84. The van der Waals surface area contributed by atoms with E-state index in [1.54, 1.807) is 24.7 Å². The van der Waals surface area contributed by atoms with Crippen molar-refractivity contribution >= 4 is 5.91 Å². The van der Waals surface area contributed by atoms with Crippen molar-refractivity contribution in [2.75, 3.05) is 6.54 Å². The largest absolute Gasteiger partial charge is 0.352 e. The number of nitrogens with zero attached hydrogens (tertiary/aromatic N) is 1. The van der Waals surface area contributed by atoms with Crippen LogP contribution in [0, 0.1) is 0 Å². The topological polar surface area (TPSA) is 57.8 Å². The monoisotopic (exact) mass is 261 g/mol. The molecule has 2 N–H and O–H groups in total. The maximum atomic E-state index is 11.4. The van der Waals surface area contributed by atoms with E-state index in [0.717, 1.165) is 18.5 Å². The third-order valence-corrected chi connectivity index (χ3v) is 2.72. The van der Waals surface area contributed by atoms with Gasteiger partial charge in [-0.15, -0.1) is 0 Å². The molecule has 0 bridgehead atoms. The summed E-state index contributed by atoms with van der Waals surface area (Å²) in [7, 11) is 0. The fraction of sp³-hybridized carbons (Fsp3) is 0.467. The molecule has 0 saturated heterocycles. The van der Waals surface area contributed by atoms with Gasteiger partial charge in [0.2, 0.25) is 5.91 Å². The number of H-pyrrole nitrogens is 1. The summed E-state index contributed by atoms with van der Waals surface area (Å²) in [4.78, 5) is 18.4. The molecule has 0 spiro atoms. The molecule has 1 aromatic rings. The number of amides is 1. The van der Waals surface area contributed by atoms with Gasteiger partial charge in [-0.3, -0.25) is 4.79 Å². The molecular weight excluding hydrogens is 238 g/mol. The quantitative estimate of drug-likeness (QED) is 0.408. The Balaban J connectivity index is 2.06. The summed E-state index contributed by atoms with van der Waals surface area (Å²) in [5, 5.41) is 2.82. The second-order valence-electron chi connectivity index (χ2n) is 4.40. The molecule has 1 rings (SSSR count). The molecular formula is C15H23N3O. The van der Waals surface area contributed by atoms with Gasteiger partial charge >= 0.3 is 0 Å². The highest BCUT2D eigenvalue weighted by molar-refractivity contribution is 5.87. The summed E-state index contributed by atoms with van der Waals surface area (Å²) in [6, 6.07) is 0. The van der Waals surface area contributed by atoms with Crippen LogP contribution in [0.1, 0.15) is 38.3 Å². The maximum absolute atomic E-state index is 11.4. The molecule has 1 aromatic heterocycles. The number of hydrogen-bond donors (Lipinski definition) is 2. The van der Waals surface area contributed by atoms with Gasteiger partial charge < -0.3 is 10.3 Å². The number of imidazole rings is 1. The lowest BCUT2D eigenvalue weighted by atomic mass is 10.2. The van der Waals surface area contributed by atoms with E-state index in [1.165, 1.54) is 19.3 Å². The third kappa shape index (κ3) is 7.97.